The van der Waals surface area contributed by atoms with E-state index in [0.717, 1.165) is 12.0 Å². The van der Waals surface area contributed by atoms with Crippen LogP contribution in [0.15, 0.2) is 53.4 Å². The molecule has 2 amide bonds. The maximum absolute atomic E-state index is 12.7. The maximum atomic E-state index is 12.7. The Labute approximate surface area is 167 Å². The van der Waals surface area contributed by atoms with Gasteiger partial charge >= 0.3 is 6.03 Å². The van der Waals surface area contributed by atoms with Crippen LogP contribution in [-0.4, -0.2) is 56.4 Å². The first-order chi connectivity index (χ1) is 13.4. The van der Waals surface area contributed by atoms with Crippen molar-refractivity contribution < 1.29 is 13.2 Å². The van der Waals surface area contributed by atoms with Gasteiger partial charge in [0.1, 0.15) is 0 Å². The highest BCUT2D eigenvalue weighted by Gasteiger charge is 2.29. The molecule has 0 atom stereocenters. The average Bonchev–Trinajstić information content (AvgIpc) is 2.68. The summed E-state index contributed by atoms with van der Waals surface area (Å²) in [4.78, 5) is 14.3. The quantitative estimate of drug-likeness (QED) is 0.837. The summed E-state index contributed by atoms with van der Waals surface area (Å²) < 4.78 is 26.9. The number of nitrogens with one attached hydrogen (secondary N) is 1. The number of piperazine rings is 1. The fraction of sp³-hybridized carbons (Fsp3) is 0.381. The van der Waals surface area contributed by atoms with Crippen molar-refractivity contribution in [1.29, 1.82) is 0 Å². The summed E-state index contributed by atoms with van der Waals surface area (Å²) >= 11 is 0. The van der Waals surface area contributed by atoms with Crippen LogP contribution in [0.25, 0.3) is 0 Å². The Morgan fingerprint density at radius 2 is 1.64 bits per heavy atom. The van der Waals surface area contributed by atoms with Gasteiger partial charge in [0.2, 0.25) is 10.0 Å². The first-order valence-corrected chi connectivity index (χ1v) is 11.0. The second-order valence-corrected chi connectivity index (χ2v) is 9.11. The lowest BCUT2D eigenvalue weighted by Gasteiger charge is -2.34. The van der Waals surface area contributed by atoms with Gasteiger partial charge in [0, 0.05) is 32.7 Å². The molecule has 0 unspecified atom stereocenters. The Morgan fingerprint density at radius 1 is 0.964 bits per heavy atom. The van der Waals surface area contributed by atoms with Crippen LogP contribution in [0.1, 0.15) is 16.7 Å². The van der Waals surface area contributed by atoms with E-state index in [4.69, 9.17) is 0 Å². The van der Waals surface area contributed by atoms with E-state index in [9.17, 15) is 13.2 Å². The molecule has 0 aromatic heterocycles. The Hall–Kier alpha value is -2.38. The van der Waals surface area contributed by atoms with Gasteiger partial charge < -0.3 is 10.2 Å². The Morgan fingerprint density at radius 3 is 2.29 bits per heavy atom. The lowest BCUT2D eigenvalue weighted by molar-refractivity contribution is 0.172. The van der Waals surface area contributed by atoms with Crippen LogP contribution >= 0.6 is 0 Å². The minimum Gasteiger partial charge on any atom is -0.338 e. The van der Waals surface area contributed by atoms with Gasteiger partial charge in [0.05, 0.1) is 4.90 Å². The first-order valence-electron chi connectivity index (χ1n) is 9.51. The van der Waals surface area contributed by atoms with Gasteiger partial charge in [-0.3, -0.25) is 0 Å². The fourth-order valence-corrected chi connectivity index (χ4v) is 4.71. The molecule has 7 heteroatoms. The van der Waals surface area contributed by atoms with Gasteiger partial charge in [-0.2, -0.15) is 4.31 Å². The highest BCUT2D eigenvalue weighted by atomic mass is 32.2. The van der Waals surface area contributed by atoms with Gasteiger partial charge in [0.15, 0.2) is 0 Å². The number of rotatable bonds is 5. The summed E-state index contributed by atoms with van der Waals surface area (Å²) in [6.07, 6.45) is 0.773. The van der Waals surface area contributed by atoms with Gasteiger partial charge in [-0.1, -0.05) is 47.5 Å². The number of nitrogens with zero attached hydrogens (tertiary/aromatic N) is 2. The third kappa shape index (κ3) is 4.91. The summed E-state index contributed by atoms with van der Waals surface area (Å²) in [6.45, 7) is 5.93. The summed E-state index contributed by atoms with van der Waals surface area (Å²) in [6, 6.07) is 14.9. The smallest absolute Gasteiger partial charge is 0.317 e. The highest BCUT2D eigenvalue weighted by molar-refractivity contribution is 7.89. The lowest BCUT2D eigenvalue weighted by Crippen LogP contribution is -2.53. The highest BCUT2D eigenvalue weighted by Crippen LogP contribution is 2.18. The number of aryl methyl sites for hydroxylation is 2. The largest absolute Gasteiger partial charge is 0.338 e. The van der Waals surface area contributed by atoms with Crippen LogP contribution < -0.4 is 5.32 Å². The lowest BCUT2D eigenvalue weighted by atomic mass is 10.1. The van der Waals surface area contributed by atoms with E-state index in [1.54, 1.807) is 29.2 Å². The van der Waals surface area contributed by atoms with Crippen molar-refractivity contribution in [3.05, 3.63) is 65.2 Å². The molecule has 2 aromatic carbocycles. The van der Waals surface area contributed by atoms with Crippen molar-refractivity contribution in [2.75, 3.05) is 32.7 Å². The van der Waals surface area contributed by atoms with Crippen LogP contribution in [0.2, 0.25) is 0 Å². The molecular weight excluding hydrogens is 374 g/mol. The minimum atomic E-state index is -3.51. The summed E-state index contributed by atoms with van der Waals surface area (Å²) in [5, 5.41) is 2.93. The van der Waals surface area contributed by atoms with Gasteiger partial charge in [0.25, 0.3) is 0 Å². The molecule has 1 aliphatic rings. The molecule has 0 bridgehead atoms. The number of urea groups is 1. The Balaban J connectivity index is 1.49. The molecular formula is C21H27N3O3S. The molecule has 0 saturated carbocycles. The number of hydrogen-bond acceptors (Lipinski definition) is 3. The zero-order valence-electron chi connectivity index (χ0n) is 16.4. The molecule has 150 valence electrons. The molecule has 1 aliphatic heterocycles. The average molecular weight is 402 g/mol. The van der Waals surface area contributed by atoms with E-state index in [1.165, 1.54) is 15.4 Å². The molecule has 6 nitrogen and oxygen atoms in total. The number of carbonyl (C=O) groups excluding carboxylic acids is 1. The van der Waals surface area contributed by atoms with Crippen LogP contribution in [-0.2, 0) is 16.4 Å². The van der Waals surface area contributed by atoms with Crippen LogP contribution in [0, 0.1) is 13.8 Å². The third-order valence-corrected chi connectivity index (χ3v) is 6.87. The molecule has 2 aromatic rings. The Kier molecular flexibility index (Phi) is 6.36. The van der Waals surface area contributed by atoms with Crippen molar-refractivity contribution in [2.24, 2.45) is 0 Å². The van der Waals surface area contributed by atoms with E-state index >= 15 is 0 Å². The topological polar surface area (TPSA) is 69.7 Å². The normalized spacial score (nSPS) is 15.4. The van der Waals surface area contributed by atoms with Crippen molar-refractivity contribution in [3.63, 3.8) is 0 Å². The van der Waals surface area contributed by atoms with E-state index in [0.29, 0.717) is 37.6 Å². The third-order valence-electron chi connectivity index (χ3n) is 4.96. The molecule has 0 aliphatic carbocycles. The minimum absolute atomic E-state index is 0.139. The van der Waals surface area contributed by atoms with E-state index < -0.39 is 10.0 Å². The van der Waals surface area contributed by atoms with E-state index in [-0.39, 0.29) is 6.03 Å². The summed E-state index contributed by atoms with van der Waals surface area (Å²) in [5.41, 5.74) is 3.41. The molecule has 28 heavy (non-hydrogen) atoms. The second-order valence-electron chi connectivity index (χ2n) is 7.18. The maximum Gasteiger partial charge on any atom is 0.317 e. The number of hydrogen-bond donors (Lipinski definition) is 1. The summed E-state index contributed by atoms with van der Waals surface area (Å²) in [5.74, 6) is 0. The number of carbonyl (C=O) groups is 1. The van der Waals surface area contributed by atoms with Crippen LogP contribution in [0.3, 0.4) is 0 Å². The van der Waals surface area contributed by atoms with E-state index in [1.807, 2.05) is 32.0 Å². The first kappa shape index (κ1) is 20.4. The second kappa shape index (κ2) is 8.75. The zero-order chi connectivity index (χ0) is 20.1. The fourth-order valence-electron chi connectivity index (χ4n) is 3.28. The number of benzene rings is 2. The monoisotopic (exact) mass is 401 g/mol. The predicted molar refractivity (Wildman–Crippen MR) is 110 cm³/mol. The van der Waals surface area contributed by atoms with Crippen molar-refractivity contribution in [3.8, 4) is 0 Å². The standard InChI is InChI=1S/C21H27N3O3S/c1-17-6-8-20(9-7-17)28(26,27)24-14-12-23(13-15-24)21(25)22-11-10-19-5-3-4-18(2)16-19/h3-9,16H,10-15H2,1-2H3,(H,22,25). The van der Waals surface area contributed by atoms with Crippen LogP contribution in [0.4, 0.5) is 4.79 Å². The van der Waals surface area contributed by atoms with Crippen molar-refractivity contribution in [1.82, 2.24) is 14.5 Å². The van der Waals surface area contributed by atoms with Crippen molar-refractivity contribution in [2.45, 2.75) is 25.2 Å². The number of sulfonamides is 1. The van der Waals surface area contributed by atoms with E-state index in [2.05, 4.69) is 11.4 Å². The van der Waals surface area contributed by atoms with Gasteiger partial charge in [-0.15, -0.1) is 0 Å². The molecule has 1 heterocycles. The summed E-state index contributed by atoms with van der Waals surface area (Å²) in [7, 11) is -3.51. The number of amides is 2. The van der Waals surface area contributed by atoms with Crippen LogP contribution in [0.5, 0.6) is 0 Å². The molecule has 1 fully saturated rings. The molecule has 1 N–H and O–H groups in total. The molecule has 0 spiro atoms. The van der Waals surface area contributed by atoms with Crippen molar-refractivity contribution >= 4 is 16.1 Å². The van der Waals surface area contributed by atoms with Gasteiger partial charge in [-0.25, -0.2) is 13.2 Å². The molecule has 1 saturated heterocycles. The van der Waals surface area contributed by atoms with Gasteiger partial charge in [-0.05, 0) is 38.0 Å². The zero-order valence-corrected chi connectivity index (χ0v) is 17.2. The molecule has 3 rings (SSSR count). The Bertz CT molecular complexity index is 918. The predicted octanol–water partition coefficient (Wildman–Crippen LogP) is 2.56. The SMILES string of the molecule is Cc1ccc(S(=O)(=O)N2CCN(C(=O)NCCc3cccc(C)c3)CC2)cc1. The molecule has 0 radical (unpaired) electrons.